The van der Waals surface area contributed by atoms with Gasteiger partial charge in [-0.1, -0.05) is 12.1 Å². The van der Waals surface area contributed by atoms with Gasteiger partial charge >= 0.3 is 0 Å². The van der Waals surface area contributed by atoms with Crippen molar-refractivity contribution < 1.29 is 9.47 Å². The Hall–Kier alpha value is -2.79. The van der Waals surface area contributed by atoms with E-state index < -0.39 is 0 Å². The summed E-state index contributed by atoms with van der Waals surface area (Å²) in [5, 5.41) is 9.82. The van der Waals surface area contributed by atoms with Crippen LogP contribution in [0.25, 0.3) is 16.8 Å². The second-order valence-corrected chi connectivity index (χ2v) is 6.86. The molecule has 0 saturated carbocycles. The molecule has 1 heterocycles. The molecular weight excluding hydrogens is 453 g/mol. The van der Waals surface area contributed by atoms with Gasteiger partial charge in [0, 0.05) is 21.0 Å². The van der Waals surface area contributed by atoms with E-state index in [0.29, 0.717) is 18.0 Å². The van der Waals surface area contributed by atoms with Crippen LogP contribution in [0.15, 0.2) is 59.7 Å². The summed E-state index contributed by atoms with van der Waals surface area (Å²) in [6, 6.07) is 18.0. The van der Waals surface area contributed by atoms with E-state index in [4.69, 9.17) is 9.47 Å². The Bertz CT molecular complexity index is 984. The maximum absolute atomic E-state index is 9.82. The van der Waals surface area contributed by atoms with Gasteiger partial charge in [-0.15, -0.1) is 0 Å². The largest absolute Gasteiger partial charge is 0.497 e. The minimum atomic E-state index is 0.495. The van der Waals surface area contributed by atoms with Gasteiger partial charge in [0.05, 0.1) is 13.7 Å². The van der Waals surface area contributed by atoms with Crippen molar-refractivity contribution in [3.05, 3.63) is 63.9 Å². The van der Waals surface area contributed by atoms with Crippen molar-refractivity contribution in [3.8, 4) is 28.6 Å². The van der Waals surface area contributed by atoms with Crippen LogP contribution in [0.2, 0.25) is 0 Å². The summed E-state index contributed by atoms with van der Waals surface area (Å²) in [5.74, 6) is 1.31. The summed E-state index contributed by atoms with van der Waals surface area (Å²) >= 11 is 2.26. The van der Waals surface area contributed by atoms with Gasteiger partial charge in [0.15, 0.2) is 12.2 Å². The molecule has 3 aromatic rings. The molecule has 0 saturated heterocycles. The highest BCUT2D eigenvalue weighted by Crippen LogP contribution is 2.35. The fraction of sp³-hybridized carbons (Fsp3) is 0.143. The lowest BCUT2D eigenvalue weighted by Gasteiger charge is -2.06. The van der Waals surface area contributed by atoms with Crippen molar-refractivity contribution in [2.45, 2.75) is 6.92 Å². The Balaban J connectivity index is 2.17. The molecule has 5 nitrogen and oxygen atoms in total. The summed E-state index contributed by atoms with van der Waals surface area (Å²) < 4.78 is 13.5. The molecule has 0 radical (unpaired) electrons. The van der Waals surface area contributed by atoms with Crippen molar-refractivity contribution >= 4 is 34.8 Å². The van der Waals surface area contributed by atoms with Crippen LogP contribution >= 0.6 is 22.6 Å². The molecule has 0 spiro atoms. The van der Waals surface area contributed by atoms with Crippen molar-refractivity contribution in [1.82, 2.24) is 4.57 Å². The van der Waals surface area contributed by atoms with E-state index in [-0.39, 0.29) is 0 Å². The SMILES string of the molecule is CCO/C=N/c1c(C#N)c(-c2ccc(OC)cc2)cn1-c1ccc(I)cc1. The zero-order valence-corrected chi connectivity index (χ0v) is 17.2. The lowest BCUT2D eigenvalue weighted by molar-refractivity contribution is 0.344. The summed E-state index contributed by atoms with van der Waals surface area (Å²) in [7, 11) is 1.63. The molecule has 6 heteroatoms. The lowest BCUT2D eigenvalue weighted by atomic mass is 10.0. The van der Waals surface area contributed by atoms with Crippen molar-refractivity contribution in [1.29, 1.82) is 5.26 Å². The number of rotatable bonds is 6. The smallest absolute Gasteiger partial charge is 0.176 e. The molecule has 1 aromatic heterocycles. The zero-order valence-electron chi connectivity index (χ0n) is 15.0. The molecule has 3 rings (SSSR count). The molecule has 136 valence electrons. The fourth-order valence-corrected chi connectivity index (χ4v) is 3.04. The van der Waals surface area contributed by atoms with Crippen LogP contribution in [0, 0.1) is 14.9 Å². The first-order chi connectivity index (χ1) is 13.2. The number of hydrogen-bond acceptors (Lipinski definition) is 4. The predicted molar refractivity (Wildman–Crippen MR) is 115 cm³/mol. The van der Waals surface area contributed by atoms with Crippen LogP contribution in [0.3, 0.4) is 0 Å². The van der Waals surface area contributed by atoms with E-state index in [1.165, 1.54) is 6.40 Å². The first-order valence-electron chi connectivity index (χ1n) is 8.38. The van der Waals surface area contributed by atoms with Crippen molar-refractivity contribution in [2.75, 3.05) is 13.7 Å². The minimum absolute atomic E-state index is 0.495. The highest BCUT2D eigenvalue weighted by molar-refractivity contribution is 14.1. The van der Waals surface area contributed by atoms with E-state index in [1.807, 2.05) is 66.2 Å². The van der Waals surface area contributed by atoms with E-state index >= 15 is 0 Å². The number of methoxy groups -OCH3 is 1. The highest BCUT2D eigenvalue weighted by atomic mass is 127. The molecule has 0 atom stereocenters. The van der Waals surface area contributed by atoms with Crippen molar-refractivity contribution in [3.63, 3.8) is 0 Å². The second kappa shape index (κ2) is 8.73. The Morgan fingerprint density at radius 1 is 1.15 bits per heavy atom. The third-order valence-corrected chi connectivity index (χ3v) is 4.73. The van der Waals surface area contributed by atoms with Gasteiger partial charge in [-0.25, -0.2) is 4.99 Å². The number of halogens is 1. The van der Waals surface area contributed by atoms with Gasteiger partial charge < -0.3 is 9.47 Å². The molecule has 0 aliphatic carbocycles. The van der Waals surface area contributed by atoms with Crippen LogP contribution < -0.4 is 4.74 Å². The number of nitrogens with zero attached hydrogens (tertiary/aromatic N) is 3. The molecule has 0 aliphatic rings. The Labute approximate surface area is 172 Å². The molecule has 0 unspecified atom stereocenters. The zero-order chi connectivity index (χ0) is 19.2. The van der Waals surface area contributed by atoms with E-state index in [0.717, 1.165) is 26.1 Å². The minimum Gasteiger partial charge on any atom is -0.497 e. The molecular formula is C21H18IN3O2. The van der Waals surface area contributed by atoms with Gasteiger partial charge in [0.1, 0.15) is 17.4 Å². The average Bonchev–Trinajstić information content (AvgIpc) is 3.07. The Morgan fingerprint density at radius 3 is 2.44 bits per heavy atom. The maximum Gasteiger partial charge on any atom is 0.176 e. The van der Waals surface area contributed by atoms with Gasteiger partial charge in [0.2, 0.25) is 0 Å². The van der Waals surface area contributed by atoms with Crippen LogP contribution in [-0.2, 0) is 4.74 Å². The highest BCUT2D eigenvalue weighted by Gasteiger charge is 2.18. The molecule has 0 N–H and O–H groups in total. The quantitative estimate of drug-likeness (QED) is 0.278. The third kappa shape index (κ3) is 4.14. The molecule has 0 bridgehead atoms. The predicted octanol–water partition coefficient (Wildman–Crippen LogP) is 5.33. The maximum atomic E-state index is 9.82. The number of aliphatic imine (C=N–C) groups is 1. The second-order valence-electron chi connectivity index (χ2n) is 5.62. The fourth-order valence-electron chi connectivity index (χ4n) is 2.68. The molecule has 0 aliphatic heterocycles. The monoisotopic (exact) mass is 471 g/mol. The number of hydrogen-bond donors (Lipinski definition) is 0. The molecule has 0 fully saturated rings. The van der Waals surface area contributed by atoms with Crippen LogP contribution in [-0.4, -0.2) is 24.7 Å². The topological polar surface area (TPSA) is 59.5 Å². The average molecular weight is 471 g/mol. The standard InChI is InChI=1S/C21H18IN3O2/c1-3-27-14-24-21-19(12-23)20(15-4-10-18(26-2)11-5-15)13-25(21)17-8-6-16(22)7-9-17/h4-11,13-14H,3H2,1-2H3/b24-14+. The van der Waals surface area contributed by atoms with Crippen molar-refractivity contribution in [2.24, 2.45) is 4.99 Å². The van der Waals surface area contributed by atoms with Crippen LogP contribution in [0.4, 0.5) is 5.82 Å². The first-order valence-corrected chi connectivity index (χ1v) is 9.45. The summed E-state index contributed by atoms with van der Waals surface area (Å²) in [6.45, 7) is 2.40. The van der Waals surface area contributed by atoms with Crippen LogP contribution in [0.1, 0.15) is 12.5 Å². The third-order valence-electron chi connectivity index (χ3n) is 4.01. The van der Waals surface area contributed by atoms with E-state index in [9.17, 15) is 5.26 Å². The summed E-state index contributed by atoms with van der Waals surface area (Å²) in [5.41, 5.74) is 3.15. The Kier molecular flexibility index (Phi) is 6.14. The Morgan fingerprint density at radius 2 is 1.85 bits per heavy atom. The molecule has 0 amide bonds. The summed E-state index contributed by atoms with van der Waals surface area (Å²) in [4.78, 5) is 4.41. The van der Waals surface area contributed by atoms with Gasteiger partial charge in [-0.05, 0) is 71.5 Å². The van der Waals surface area contributed by atoms with Gasteiger partial charge in [-0.2, -0.15) is 5.26 Å². The summed E-state index contributed by atoms with van der Waals surface area (Å²) in [6.07, 6.45) is 3.32. The van der Waals surface area contributed by atoms with E-state index in [1.54, 1.807) is 7.11 Å². The molecule has 27 heavy (non-hydrogen) atoms. The van der Waals surface area contributed by atoms with Gasteiger partial charge in [-0.3, -0.25) is 4.57 Å². The number of nitriles is 1. The number of benzene rings is 2. The first kappa shape index (κ1) is 19.0. The van der Waals surface area contributed by atoms with Gasteiger partial charge in [0.25, 0.3) is 0 Å². The normalized spacial score (nSPS) is 10.7. The lowest BCUT2D eigenvalue weighted by Crippen LogP contribution is -1.93. The number of aromatic nitrogens is 1. The molecule has 2 aromatic carbocycles. The van der Waals surface area contributed by atoms with E-state index in [2.05, 4.69) is 33.7 Å². The number of ether oxygens (including phenoxy) is 2. The van der Waals surface area contributed by atoms with Crippen LogP contribution in [0.5, 0.6) is 5.75 Å².